The first-order valence-electron chi connectivity index (χ1n) is 12.7. The van der Waals surface area contributed by atoms with E-state index >= 15 is 0 Å². The minimum Gasteiger partial charge on any atom is -0.352 e. The zero-order valence-corrected chi connectivity index (χ0v) is 21.5. The summed E-state index contributed by atoms with van der Waals surface area (Å²) < 4.78 is 40.3. The molecule has 3 aromatic rings. The summed E-state index contributed by atoms with van der Waals surface area (Å²) in [5, 5.41) is 2.77. The van der Waals surface area contributed by atoms with E-state index in [0.29, 0.717) is 16.9 Å². The third-order valence-corrected chi connectivity index (χ3v) is 8.17. The summed E-state index contributed by atoms with van der Waals surface area (Å²) in [5.41, 5.74) is -0.329. The van der Waals surface area contributed by atoms with Crippen LogP contribution in [0.25, 0.3) is 6.08 Å². The summed E-state index contributed by atoms with van der Waals surface area (Å²) in [6.07, 6.45) is -1.17. The van der Waals surface area contributed by atoms with Gasteiger partial charge in [0.25, 0.3) is 0 Å². The van der Waals surface area contributed by atoms with E-state index in [0.717, 1.165) is 12.1 Å². The Hall–Kier alpha value is -4.53. The largest absolute Gasteiger partial charge is 0.416 e. The van der Waals surface area contributed by atoms with Gasteiger partial charge in [0.1, 0.15) is 5.41 Å². The Morgan fingerprint density at radius 1 is 0.875 bits per heavy atom. The molecular weight excluding hydrogens is 521 g/mol. The van der Waals surface area contributed by atoms with E-state index in [1.807, 2.05) is 0 Å². The lowest BCUT2D eigenvalue weighted by molar-refractivity contribution is -0.137. The van der Waals surface area contributed by atoms with Crippen LogP contribution in [0.3, 0.4) is 0 Å². The van der Waals surface area contributed by atoms with Gasteiger partial charge in [0, 0.05) is 35.2 Å². The molecule has 202 valence electrons. The van der Waals surface area contributed by atoms with Crippen molar-refractivity contribution in [3.8, 4) is 0 Å². The van der Waals surface area contributed by atoms with Crippen molar-refractivity contribution in [3.05, 3.63) is 101 Å². The Morgan fingerprint density at radius 3 is 2.05 bits per heavy atom. The number of halogens is 3. The number of rotatable bonds is 3. The molecule has 2 heterocycles. The lowest BCUT2D eigenvalue weighted by Crippen LogP contribution is -2.48. The number of benzene rings is 3. The molecule has 6 nitrogen and oxygen atoms in total. The first kappa shape index (κ1) is 25.7. The molecule has 0 unspecified atom stereocenters. The first-order valence-corrected chi connectivity index (χ1v) is 12.7. The number of carbonyl (C=O) groups is 4. The van der Waals surface area contributed by atoms with Crippen LogP contribution in [-0.4, -0.2) is 35.3 Å². The van der Waals surface area contributed by atoms with Crippen LogP contribution in [0.4, 0.5) is 24.5 Å². The van der Waals surface area contributed by atoms with Gasteiger partial charge >= 0.3 is 6.18 Å². The summed E-state index contributed by atoms with van der Waals surface area (Å²) in [4.78, 5) is 55.8. The number of amides is 1. The number of ketones is 3. The second-order valence-corrected chi connectivity index (χ2v) is 10.4. The summed E-state index contributed by atoms with van der Waals surface area (Å²) in [7, 11) is 0. The highest BCUT2D eigenvalue weighted by Crippen LogP contribution is 2.61. The van der Waals surface area contributed by atoms with E-state index in [4.69, 9.17) is 0 Å². The quantitative estimate of drug-likeness (QED) is 0.429. The molecular formula is C31H23F3N2O4. The van der Waals surface area contributed by atoms with Crippen molar-refractivity contribution >= 4 is 40.7 Å². The van der Waals surface area contributed by atoms with Crippen LogP contribution in [0, 0.1) is 5.41 Å². The molecule has 3 aromatic carbocycles. The third-order valence-electron chi connectivity index (χ3n) is 8.17. The molecule has 1 aliphatic carbocycles. The van der Waals surface area contributed by atoms with E-state index in [2.05, 4.69) is 5.32 Å². The van der Waals surface area contributed by atoms with Crippen molar-refractivity contribution in [1.29, 1.82) is 0 Å². The summed E-state index contributed by atoms with van der Waals surface area (Å²) in [6.45, 7) is 2.72. The second kappa shape index (κ2) is 8.74. The number of anilines is 2. The molecule has 40 heavy (non-hydrogen) atoms. The molecule has 0 aromatic heterocycles. The van der Waals surface area contributed by atoms with Gasteiger partial charge in [-0.3, -0.25) is 19.2 Å². The van der Waals surface area contributed by atoms with Crippen LogP contribution in [0.2, 0.25) is 0 Å². The summed E-state index contributed by atoms with van der Waals surface area (Å²) in [6, 6.07) is 13.9. The molecule has 0 saturated carbocycles. The van der Waals surface area contributed by atoms with E-state index < -0.39 is 46.7 Å². The van der Waals surface area contributed by atoms with E-state index in [9.17, 15) is 32.3 Å². The SMILES string of the molecule is CC(=O)Nc1cccc2c1C=C[C@@H]1N2[C@H](C(C)=O)[C@@H](c2ccc(C(F)(F)F)cc2)C12C(=O)c1ccccc1C2=O. The Morgan fingerprint density at radius 2 is 1.50 bits per heavy atom. The van der Waals surface area contributed by atoms with Gasteiger partial charge in [0.15, 0.2) is 17.3 Å². The smallest absolute Gasteiger partial charge is 0.352 e. The standard InChI is InChI=1S/C31H23F3N2O4/c1-16(37)27-26(18-10-12-19(13-11-18)31(32,33)34)30(28(39)20-6-3-4-7-21(20)29(30)40)25-15-14-22-23(35-17(2)38)8-5-9-24(22)36(25)27/h3-15,25-27H,1-2H3,(H,35,38)/t25-,26+,27+/m0/s1. The molecule has 1 N–H and O–H groups in total. The van der Waals surface area contributed by atoms with Crippen molar-refractivity contribution in [2.24, 2.45) is 5.41 Å². The zero-order valence-electron chi connectivity index (χ0n) is 21.5. The average molecular weight is 545 g/mol. The van der Waals surface area contributed by atoms with Gasteiger partial charge in [0.2, 0.25) is 5.91 Å². The Labute approximate surface area is 227 Å². The highest BCUT2D eigenvalue weighted by atomic mass is 19.4. The lowest BCUT2D eigenvalue weighted by Gasteiger charge is -2.37. The number of alkyl halides is 3. The maximum absolute atomic E-state index is 14.4. The molecule has 0 radical (unpaired) electrons. The number of hydrogen-bond donors (Lipinski definition) is 1. The predicted molar refractivity (Wildman–Crippen MR) is 142 cm³/mol. The lowest BCUT2D eigenvalue weighted by atomic mass is 9.64. The van der Waals surface area contributed by atoms with Gasteiger partial charge in [0.05, 0.1) is 23.3 Å². The maximum Gasteiger partial charge on any atom is 0.416 e. The van der Waals surface area contributed by atoms with Gasteiger partial charge in [-0.05, 0) is 36.8 Å². The molecule has 9 heteroatoms. The van der Waals surface area contributed by atoms with Crippen molar-refractivity contribution in [2.45, 2.75) is 38.0 Å². The molecule has 1 saturated heterocycles. The Kier molecular flexibility index (Phi) is 5.62. The van der Waals surface area contributed by atoms with Crippen LogP contribution in [0.5, 0.6) is 0 Å². The molecule has 6 rings (SSSR count). The third kappa shape index (κ3) is 3.43. The van der Waals surface area contributed by atoms with Gasteiger partial charge < -0.3 is 10.2 Å². The van der Waals surface area contributed by atoms with Crippen LogP contribution in [0.15, 0.2) is 72.8 Å². The van der Waals surface area contributed by atoms with Crippen LogP contribution < -0.4 is 10.2 Å². The molecule has 3 aliphatic rings. The van der Waals surface area contributed by atoms with Crippen molar-refractivity contribution in [3.63, 3.8) is 0 Å². The van der Waals surface area contributed by atoms with Crippen LogP contribution in [0.1, 0.15) is 57.2 Å². The fourth-order valence-electron chi connectivity index (χ4n) is 6.70. The van der Waals surface area contributed by atoms with Crippen LogP contribution >= 0.6 is 0 Å². The van der Waals surface area contributed by atoms with Gasteiger partial charge in [-0.1, -0.05) is 54.6 Å². The van der Waals surface area contributed by atoms with E-state index in [-0.39, 0.29) is 28.4 Å². The van der Waals surface area contributed by atoms with E-state index in [1.54, 1.807) is 59.5 Å². The topological polar surface area (TPSA) is 83.6 Å². The van der Waals surface area contributed by atoms with Gasteiger partial charge in [-0.25, -0.2) is 0 Å². The highest BCUT2D eigenvalue weighted by molar-refractivity contribution is 6.32. The minimum atomic E-state index is -4.58. The number of nitrogens with zero attached hydrogens (tertiary/aromatic N) is 1. The number of nitrogens with one attached hydrogen (secondary N) is 1. The molecule has 1 amide bonds. The van der Waals surface area contributed by atoms with Crippen molar-refractivity contribution in [1.82, 2.24) is 0 Å². The second-order valence-electron chi connectivity index (χ2n) is 10.4. The van der Waals surface area contributed by atoms with Gasteiger partial charge in [-0.2, -0.15) is 13.2 Å². The number of hydrogen-bond acceptors (Lipinski definition) is 5. The summed E-state index contributed by atoms with van der Waals surface area (Å²) >= 11 is 0. The normalized spacial score (nSPS) is 22.2. The zero-order chi connectivity index (χ0) is 28.6. The minimum absolute atomic E-state index is 0.222. The van der Waals surface area contributed by atoms with Crippen molar-refractivity contribution < 1.29 is 32.3 Å². The van der Waals surface area contributed by atoms with Crippen molar-refractivity contribution in [2.75, 3.05) is 10.2 Å². The molecule has 2 aliphatic heterocycles. The maximum atomic E-state index is 14.4. The monoisotopic (exact) mass is 544 g/mol. The molecule has 1 fully saturated rings. The number of carbonyl (C=O) groups excluding carboxylic acids is 4. The first-order chi connectivity index (χ1) is 19.0. The average Bonchev–Trinajstić information content (AvgIpc) is 3.35. The number of fused-ring (bicyclic) bond motifs is 5. The van der Waals surface area contributed by atoms with Crippen LogP contribution in [-0.2, 0) is 15.8 Å². The molecule has 1 spiro atoms. The Balaban J connectivity index is 1.63. The molecule has 3 atom stereocenters. The van der Waals surface area contributed by atoms with E-state index in [1.165, 1.54) is 26.0 Å². The van der Waals surface area contributed by atoms with Gasteiger partial charge in [-0.15, -0.1) is 0 Å². The Bertz CT molecular complexity index is 1610. The fraction of sp³-hybridized carbons (Fsp3) is 0.226. The highest BCUT2D eigenvalue weighted by Gasteiger charge is 2.71. The number of Topliss-reactive ketones (excluding diaryl/α,β-unsaturated/α-hetero) is 3. The predicted octanol–water partition coefficient (Wildman–Crippen LogP) is 5.69. The molecule has 0 bridgehead atoms. The summed E-state index contributed by atoms with van der Waals surface area (Å²) in [5.74, 6) is -2.67. The fourth-order valence-corrected chi connectivity index (χ4v) is 6.70.